The molecule has 4 nitrogen and oxygen atoms in total. The molecule has 0 spiro atoms. The van der Waals surface area contributed by atoms with Crippen molar-refractivity contribution in [3.8, 4) is 0 Å². The van der Waals surface area contributed by atoms with Crippen LogP contribution < -0.4 is 0 Å². The van der Waals surface area contributed by atoms with Crippen LogP contribution in [0.25, 0.3) is 0 Å². The highest BCUT2D eigenvalue weighted by atomic mass is 28.4. The van der Waals surface area contributed by atoms with Gasteiger partial charge in [-0.25, -0.2) is 0 Å². The van der Waals surface area contributed by atoms with Crippen molar-refractivity contribution in [1.29, 1.82) is 0 Å². The van der Waals surface area contributed by atoms with E-state index in [2.05, 4.69) is 67.7 Å². The number of aliphatic hydroxyl groups excluding tert-OH is 1. The van der Waals surface area contributed by atoms with Gasteiger partial charge in [-0.3, -0.25) is 0 Å². The Morgan fingerprint density at radius 1 is 0.923 bits per heavy atom. The maximum absolute atomic E-state index is 9.97. The highest BCUT2D eigenvalue weighted by Crippen LogP contribution is 2.48. The third kappa shape index (κ3) is 4.63. The number of fused-ring (bicyclic) bond motifs is 1. The normalized spacial score (nSPS) is 33.6. The van der Waals surface area contributed by atoms with Crippen LogP contribution in [0, 0.1) is 11.8 Å². The summed E-state index contributed by atoms with van der Waals surface area (Å²) in [5.41, 5.74) is 0. The fourth-order valence-corrected chi connectivity index (χ4v) is 5.97. The quantitative estimate of drug-likeness (QED) is 0.647. The average Bonchev–Trinajstić information content (AvgIpc) is 2.89. The molecule has 1 aliphatic heterocycles. The second kappa shape index (κ2) is 7.27. The lowest BCUT2D eigenvalue weighted by atomic mass is 9.93. The SMILES string of the molecule is CC(C)(C)[Si](C)(C)OC[C@@H]1[C@H]2CC(O)O[C@H]2C[C@H]1O[Si](C)(C)C(C)(C)C. The number of ether oxygens (including phenoxy) is 1. The maximum atomic E-state index is 9.97. The van der Waals surface area contributed by atoms with Crippen LogP contribution in [0.3, 0.4) is 0 Å². The monoisotopic (exact) mass is 402 g/mol. The van der Waals surface area contributed by atoms with Crippen molar-refractivity contribution in [2.45, 2.75) is 109 Å². The van der Waals surface area contributed by atoms with E-state index in [9.17, 15) is 5.11 Å². The summed E-state index contributed by atoms with van der Waals surface area (Å²) < 4.78 is 19.2. The first-order chi connectivity index (χ1) is 11.6. The van der Waals surface area contributed by atoms with Crippen molar-refractivity contribution in [1.82, 2.24) is 0 Å². The summed E-state index contributed by atoms with van der Waals surface area (Å²) in [5, 5.41) is 10.4. The molecule has 1 aliphatic carbocycles. The molecular formula is C20H42O4Si2. The third-order valence-corrected chi connectivity index (χ3v) is 16.5. The summed E-state index contributed by atoms with van der Waals surface area (Å²) in [4.78, 5) is 0. The van der Waals surface area contributed by atoms with Crippen molar-refractivity contribution >= 4 is 16.6 Å². The molecule has 1 heterocycles. The third-order valence-electron chi connectivity index (χ3n) is 7.47. The van der Waals surface area contributed by atoms with Crippen molar-refractivity contribution in [2.24, 2.45) is 11.8 Å². The molecule has 26 heavy (non-hydrogen) atoms. The largest absolute Gasteiger partial charge is 0.416 e. The van der Waals surface area contributed by atoms with Crippen LogP contribution in [0.5, 0.6) is 0 Å². The second-order valence-electron chi connectivity index (χ2n) is 11.4. The Bertz CT molecular complexity index is 493. The van der Waals surface area contributed by atoms with Crippen LogP contribution >= 0.6 is 0 Å². The minimum absolute atomic E-state index is 0.118. The molecule has 1 saturated carbocycles. The zero-order valence-corrected chi connectivity index (χ0v) is 20.7. The van der Waals surface area contributed by atoms with Gasteiger partial charge in [0.25, 0.3) is 0 Å². The minimum Gasteiger partial charge on any atom is -0.416 e. The lowest BCUT2D eigenvalue weighted by Gasteiger charge is -2.42. The van der Waals surface area contributed by atoms with Gasteiger partial charge in [-0.05, 0) is 48.6 Å². The van der Waals surface area contributed by atoms with Gasteiger partial charge >= 0.3 is 0 Å². The smallest absolute Gasteiger partial charge is 0.192 e. The summed E-state index contributed by atoms with van der Waals surface area (Å²) in [6, 6.07) is 0. The molecule has 2 aliphatic rings. The average molecular weight is 403 g/mol. The fraction of sp³-hybridized carbons (Fsp3) is 1.00. The molecule has 1 unspecified atom stereocenters. The minimum atomic E-state index is -1.85. The Balaban J connectivity index is 2.15. The van der Waals surface area contributed by atoms with Crippen LogP contribution in [0.15, 0.2) is 0 Å². The van der Waals surface area contributed by atoms with Crippen molar-refractivity contribution < 1.29 is 18.7 Å². The molecule has 0 radical (unpaired) electrons. The van der Waals surface area contributed by atoms with Gasteiger partial charge in [0.1, 0.15) is 0 Å². The molecule has 154 valence electrons. The molecule has 0 aromatic heterocycles. The maximum Gasteiger partial charge on any atom is 0.192 e. The summed E-state index contributed by atoms with van der Waals surface area (Å²) >= 11 is 0. The van der Waals surface area contributed by atoms with Gasteiger partial charge in [0, 0.05) is 18.9 Å². The predicted molar refractivity (Wildman–Crippen MR) is 112 cm³/mol. The standard InChI is InChI=1S/C20H42O4Si2/c1-19(2,3)25(7,8)22-13-15-14-11-18(21)23-16(14)12-17(15)24-26(9,10)20(4,5)6/h14-18,21H,11-13H2,1-10H3/t14-,15-,16+,17-,18?/m1/s1. The van der Waals surface area contributed by atoms with E-state index < -0.39 is 22.9 Å². The summed E-state index contributed by atoms with van der Waals surface area (Å²) in [6.45, 7) is 23.7. The van der Waals surface area contributed by atoms with E-state index in [1.165, 1.54) is 0 Å². The molecule has 0 amide bonds. The van der Waals surface area contributed by atoms with Crippen LogP contribution in [0.4, 0.5) is 0 Å². The second-order valence-corrected chi connectivity index (χ2v) is 21.0. The van der Waals surface area contributed by atoms with Crippen LogP contribution in [-0.2, 0) is 13.6 Å². The Morgan fingerprint density at radius 3 is 1.96 bits per heavy atom. The van der Waals surface area contributed by atoms with Crippen molar-refractivity contribution in [3.05, 3.63) is 0 Å². The fourth-order valence-electron chi connectivity index (χ4n) is 3.55. The van der Waals surface area contributed by atoms with Gasteiger partial charge in [0.15, 0.2) is 22.9 Å². The molecule has 1 saturated heterocycles. The molecule has 6 heteroatoms. The molecule has 2 fully saturated rings. The Kier molecular flexibility index (Phi) is 6.30. The summed E-state index contributed by atoms with van der Waals surface area (Å²) in [5.74, 6) is 0.671. The number of aliphatic hydroxyl groups is 1. The van der Waals surface area contributed by atoms with E-state index >= 15 is 0 Å². The lowest BCUT2D eigenvalue weighted by Crippen LogP contribution is -2.47. The Labute approximate surface area is 163 Å². The molecular weight excluding hydrogens is 360 g/mol. The van der Waals surface area contributed by atoms with E-state index in [0.29, 0.717) is 18.3 Å². The van der Waals surface area contributed by atoms with E-state index in [0.717, 1.165) is 13.0 Å². The first-order valence-corrected chi connectivity index (χ1v) is 16.0. The number of hydrogen-bond acceptors (Lipinski definition) is 4. The van der Waals surface area contributed by atoms with Gasteiger partial charge in [-0.2, -0.15) is 0 Å². The Morgan fingerprint density at radius 2 is 1.46 bits per heavy atom. The zero-order chi connectivity index (χ0) is 20.1. The van der Waals surface area contributed by atoms with E-state index in [4.69, 9.17) is 13.6 Å². The Hall–Kier alpha value is 0.274. The van der Waals surface area contributed by atoms with Gasteiger partial charge < -0.3 is 18.7 Å². The summed E-state index contributed by atoms with van der Waals surface area (Å²) in [6.07, 6.45) is 1.29. The molecule has 2 rings (SSSR count). The van der Waals surface area contributed by atoms with Gasteiger partial charge in [-0.1, -0.05) is 41.5 Å². The van der Waals surface area contributed by atoms with Crippen molar-refractivity contribution in [2.75, 3.05) is 6.61 Å². The van der Waals surface area contributed by atoms with E-state index in [1.54, 1.807) is 0 Å². The zero-order valence-electron chi connectivity index (χ0n) is 18.7. The van der Waals surface area contributed by atoms with Crippen LogP contribution in [0.2, 0.25) is 36.3 Å². The van der Waals surface area contributed by atoms with Crippen LogP contribution in [-0.4, -0.2) is 46.8 Å². The lowest BCUT2D eigenvalue weighted by molar-refractivity contribution is -0.0947. The molecule has 0 aromatic carbocycles. The van der Waals surface area contributed by atoms with Crippen LogP contribution in [0.1, 0.15) is 54.4 Å². The molecule has 5 atom stereocenters. The first-order valence-electron chi connectivity index (χ1n) is 10.2. The topological polar surface area (TPSA) is 47.9 Å². The first kappa shape index (κ1) is 22.6. The highest BCUT2D eigenvalue weighted by Gasteiger charge is 2.53. The predicted octanol–water partition coefficient (Wildman–Crippen LogP) is 5.14. The molecule has 1 N–H and O–H groups in total. The van der Waals surface area contributed by atoms with E-state index in [1.807, 2.05) is 0 Å². The van der Waals surface area contributed by atoms with Crippen molar-refractivity contribution in [3.63, 3.8) is 0 Å². The van der Waals surface area contributed by atoms with E-state index in [-0.39, 0.29) is 22.3 Å². The molecule has 0 aromatic rings. The summed E-state index contributed by atoms with van der Waals surface area (Å²) in [7, 11) is -3.66. The van der Waals surface area contributed by atoms with Gasteiger partial charge in [-0.15, -0.1) is 0 Å². The van der Waals surface area contributed by atoms with Gasteiger partial charge in [0.05, 0.1) is 12.2 Å². The number of hydrogen-bond donors (Lipinski definition) is 1. The molecule has 0 bridgehead atoms. The van der Waals surface area contributed by atoms with Gasteiger partial charge in [0.2, 0.25) is 0 Å². The number of rotatable bonds is 5. The highest BCUT2D eigenvalue weighted by molar-refractivity contribution is 6.74.